The first kappa shape index (κ1) is 22.6. The number of pyridine rings is 1. The van der Waals surface area contributed by atoms with E-state index >= 15 is 0 Å². The van der Waals surface area contributed by atoms with Gasteiger partial charge in [-0.25, -0.2) is 14.6 Å². The van der Waals surface area contributed by atoms with E-state index in [0.717, 1.165) is 5.56 Å². The predicted octanol–water partition coefficient (Wildman–Crippen LogP) is 3.50. The second-order valence-corrected chi connectivity index (χ2v) is 7.41. The summed E-state index contributed by atoms with van der Waals surface area (Å²) in [4.78, 5) is 30.2. The molecule has 2 aromatic rings. The molecule has 0 aliphatic carbocycles. The molecular weight excluding hydrogens is 422 g/mol. The van der Waals surface area contributed by atoms with Crippen molar-refractivity contribution in [2.24, 2.45) is 0 Å². The second kappa shape index (κ2) is 11.4. The van der Waals surface area contributed by atoms with Crippen molar-refractivity contribution in [1.82, 2.24) is 15.2 Å². The number of hydrogen-bond acceptors (Lipinski definition) is 5. The Hall–Kier alpha value is -3.04. The van der Waals surface area contributed by atoms with Crippen LogP contribution >= 0.6 is 11.6 Å². The highest BCUT2D eigenvalue weighted by Gasteiger charge is 2.16. The average Bonchev–Trinajstić information content (AvgIpc) is 2.77. The number of urea groups is 2. The molecule has 9 nitrogen and oxygen atoms in total. The van der Waals surface area contributed by atoms with Gasteiger partial charge in [-0.2, -0.15) is 0 Å². The summed E-state index contributed by atoms with van der Waals surface area (Å²) < 4.78 is 11.0. The number of nitrogens with one attached hydrogen (secondary N) is 3. The molecule has 1 aliphatic rings. The van der Waals surface area contributed by atoms with Crippen LogP contribution in [0.3, 0.4) is 0 Å². The Kier molecular flexibility index (Phi) is 8.31. The Bertz CT molecular complexity index is 888. The summed E-state index contributed by atoms with van der Waals surface area (Å²) in [5.74, 6) is 0.916. The standard InChI is InChI=1S/C21H26ClN5O4/c1-15-3-6-19(24-14-15)26-20(28)25-17-13-16(22)4-5-18(17)31-10-2-7-23-21(29)27-8-11-30-12-9-27/h3-6,13-14H,2,7-12H2,1H3,(H,23,29)(H2,24,25,26,28). The van der Waals surface area contributed by atoms with Crippen molar-refractivity contribution >= 4 is 35.2 Å². The summed E-state index contributed by atoms with van der Waals surface area (Å²) in [5.41, 5.74) is 1.44. The molecule has 0 saturated carbocycles. The fraction of sp³-hybridized carbons (Fsp3) is 0.381. The third-order valence-electron chi connectivity index (χ3n) is 4.50. The Morgan fingerprint density at radius 3 is 2.74 bits per heavy atom. The van der Waals surface area contributed by atoms with Gasteiger partial charge in [-0.05, 0) is 43.2 Å². The van der Waals surface area contributed by atoms with Gasteiger partial charge in [-0.15, -0.1) is 0 Å². The van der Waals surface area contributed by atoms with E-state index in [2.05, 4.69) is 20.9 Å². The van der Waals surface area contributed by atoms with Crippen LogP contribution in [0.5, 0.6) is 5.75 Å². The van der Waals surface area contributed by atoms with Gasteiger partial charge in [0.1, 0.15) is 11.6 Å². The van der Waals surface area contributed by atoms with Crippen LogP contribution < -0.4 is 20.7 Å². The van der Waals surface area contributed by atoms with Crippen molar-refractivity contribution < 1.29 is 19.1 Å². The lowest BCUT2D eigenvalue weighted by atomic mass is 10.3. The molecule has 31 heavy (non-hydrogen) atoms. The number of benzene rings is 1. The van der Waals surface area contributed by atoms with Crippen LogP contribution in [0.15, 0.2) is 36.5 Å². The van der Waals surface area contributed by atoms with Gasteiger partial charge in [0, 0.05) is 30.9 Å². The van der Waals surface area contributed by atoms with Gasteiger partial charge in [-0.3, -0.25) is 5.32 Å². The van der Waals surface area contributed by atoms with Crippen LogP contribution in [0.25, 0.3) is 0 Å². The van der Waals surface area contributed by atoms with Crippen molar-refractivity contribution in [3.8, 4) is 5.75 Å². The SMILES string of the molecule is Cc1ccc(NC(=O)Nc2cc(Cl)ccc2OCCCNC(=O)N2CCOCC2)nc1. The lowest BCUT2D eigenvalue weighted by Crippen LogP contribution is -2.46. The molecule has 10 heteroatoms. The Morgan fingerprint density at radius 2 is 2.00 bits per heavy atom. The van der Waals surface area contributed by atoms with Crippen molar-refractivity contribution in [2.45, 2.75) is 13.3 Å². The number of amides is 4. The second-order valence-electron chi connectivity index (χ2n) is 6.97. The van der Waals surface area contributed by atoms with Crippen LogP contribution in [0.2, 0.25) is 5.02 Å². The summed E-state index contributed by atoms with van der Waals surface area (Å²) >= 11 is 6.07. The fourth-order valence-electron chi connectivity index (χ4n) is 2.87. The smallest absolute Gasteiger partial charge is 0.324 e. The summed E-state index contributed by atoms with van der Waals surface area (Å²) in [7, 11) is 0. The minimum Gasteiger partial charge on any atom is -0.491 e. The Balaban J connectivity index is 1.46. The van der Waals surface area contributed by atoms with Gasteiger partial charge < -0.3 is 25.0 Å². The number of carbonyl (C=O) groups excluding carboxylic acids is 2. The van der Waals surface area contributed by atoms with E-state index in [1.54, 1.807) is 35.4 Å². The zero-order valence-electron chi connectivity index (χ0n) is 17.3. The number of aryl methyl sites for hydroxylation is 1. The first-order valence-corrected chi connectivity index (χ1v) is 10.4. The van der Waals surface area contributed by atoms with E-state index in [1.807, 2.05) is 13.0 Å². The lowest BCUT2D eigenvalue weighted by molar-refractivity contribution is 0.0532. The number of anilines is 2. The summed E-state index contributed by atoms with van der Waals surface area (Å²) in [6.07, 6.45) is 2.28. The van der Waals surface area contributed by atoms with Crippen LogP contribution in [0, 0.1) is 6.92 Å². The minimum absolute atomic E-state index is 0.0986. The lowest BCUT2D eigenvalue weighted by Gasteiger charge is -2.26. The molecule has 166 valence electrons. The quantitative estimate of drug-likeness (QED) is 0.563. The van der Waals surface area contributed by atoms with Crippen molar-refractivity contribution in [1.29, 1.82) is 0 Å². The molecule has 3 N–H and O–H groups in total. The van der Waals surface area contributed by atoms with Crippen LogP contribution in [0.1, 0.15) is 12.0 Å². The molecule has 2 heterocycles. The molecule has 1 fully saturated rings. The highest BCUT2D eigenvalue weighted by molar-refractivity contribution is 6.31. The number of aromatic nitrogens is 1. The van der Waals surface area contributed by atoms with Gasteiger partial charge in [-0.1, -0.05) is 17.7 Å². The summed E-state index contributed by atoms with van der Waals surface area (Å²) in [5, 5.41) is 8.73. The molecule has 0 atom stereocenters. The van der Waals surface area contributed by atoms with E-state index in [-0.39, 0.29) is 6.03 Å². The monoisotopic (exact) mass is 447 g/mol. The number of rotatable bonds is 7. The Labute approximate surface area is 186 Å². The van der Waals surface area contributed by atoms with E-state index in [0.29, 0.717) is 68.2 Å². The van der Waals surface area contributed by atoms with Crippen molar-refractivity contribution in [2.75, 3.05) is 50.1 Å². The normalized spacial score (nSPS) is 13.4. The molecular formula is C21H26ClN5O4. The zero-order valence-corrected chi connectivity index (χ0v) is 18.1. The summed E-state index contributed by atoms with van der Waals surface area (Å²) in [6, 6.07) is 8.00. The number of halogens is 1. The topological polar surface area (TPSA) is 105 Å². The minimum atomic E-state index is -0.457. The molecule has 0 spiro atoms. The van der Waals surface area contributed by atoms with E-state index < -0.39 is 6.03 Å². The third kappa shape index (κ3) is 7.30. The van der Waals surface area contributed by atoms with Gasteiger partial charge >= 0.3 is 12.1 Å². The van der Waals surface area contributed by atoms with Crippen LogP contribution in [0.4, 0.5) is 21.1 Å². The number of morpholine rings is 1. The number of carbonyl (C=O) groups is 2. The van der Waals surface area contributed by atoms with Gasteiger partial charge in [0.05, 0.1) is 25.5 Å². The average molecular weight is 448 g/mol. The first-order valence-electron chi connectivity index (χ1n) is 10.0. The van der Waals surface area contributed by atoms with Crippen molar-refractivity contribution in [3.05, 3.63) is 47.1 Å². The largest absolute Gasteiger partial charge is 0.491 e. The molecule has 1 saturated heterocycles. The summed E-state index contributed by atoms with van der Waals surface area (Å²) in [6.45, 7) is 5.09. The highest BCUT2D eigenvalue weighted by Crippen LogP contribution is 2.28. The highest BCUT2D eigenvalue weighted by atomic mass is 35.5. The molecule has 0 radical (unpaired) electrons. The molecule has 1 aliphatic heterocycles. The maximum absolute atomic E-state index is 12.3. The Morgan fingerprint density at radius 1 is 1.19 bits per heavy atom. The number of hydrogen-bond donors (Lipinski definition) is 3. The number of ether oxygens (including phenoxy) is 2. The van der Waals surface area contributed by atoms with Crippen molar-refractivity contribution in [3.63, 3.8) is 0 Å². The molecule has 4 amide bonds. The fourth-order valence-corrected chi connectivity index (χ4v) is 3.04. The molecule has 0 bridgehead atoms. The number of nitrogens with zero attached hydrogens (tertiary/aromatic N) is 2. The maximum Gasteiger partial charge on any atom is 0.324 e. The van der Waals surface area contributed by atoms with E-state index in [9.17, 15) is 9.59 Å². The molecule has 0 unspecified atom stereocenters. The van der Waals surface area contributed by atoms with Gasteiger partial charge in [0.15, 0.2) is 0 Å². The molecule has 1 aromatic carbocycles. The zero-order chi connectivity index (χ0) is 22.1. The maximum atomic E-state index is 12.3. The van der Waals surface area contributed by atoms with Gasteiger partial charge in [0.25, 0.3) is 0 Å². The third-order valence-corrected chi connectivity index (χ3v) is 4.73. The van der Waals surface area contributed by atoms with E-state index in [1.165, 1.54) is 0 Å². The van der Waals surface area contributed by atoms with E-state index in [4.69, 9.17) is 21.1 Å². The molecule has 3 rings (SSSR count). The van der Waals surface area contributed by atoms with Gasteiger partial charge in [0.2, 0.25) is 0 Å². The predicted molar refractivity (Wildman–Crippen MR) is 119 cm³/mol. The molecule has 1 aromatic heterocycles. The first-order chi connectivity index (χ1) is 15.0. The van der Waals surface area contributed by atoms with Crippen LogP contribution in [-0.2, 0) is 4.74 Å². The van der Waals surface area contributed by atoms with Crippen LogP contribution in [-0.4, -0.2) is 61.4 Å².